The molecule has 168 valence electrons. The van der Waals surface area contributed by atoms with Crippen molar-refractivity contribution < 1.29 is 29.0 Å². The Kier molecular flexibility index (Phi) is 6.50. The second kappa shape index (κ2) is 9.66. The van der Waals surface area contributed by atoms with Crippen LogP contribution in [0, 0.1) is 0 Å². The van der Waals surface area contributed by atoms with Gasteiger partial charge < -0.3 is 20.1 Å². The van der Waals surface area contributed by atoms with E-state index in [1.807, 2.05) is 17.5 Å². The molecule has 0 radical (unpaired) electrons. The van der Waals surface area contributed by atoms with Crippen LogP contribution in [0.4, 0.5) is 0 Å². The summed E-state index contributed by atoms with van der Waals surface area (Å²) in [5, 5.41) is 14.2. The van der Waals surface area contributed by atoms with Crippen LogP contribution in [-0.2, 0) is 20.8 Å². The minimum atomic E-state index is -1.21. The minimum Gasteiger partial charge on any atom is -0.479 e. The van der Waals surface area contributed by atoms with Gasteiger partial charge in [0.05, 0.1) is 18.5 Å². The zero-order chi connectivity index (χ0) is 23.4. The first-order valence-electron chi connectivity index (χ1n) is 10.1. The average Bonchev–Trinajstić information content (AvgIpc) is 3.32. The number of thiophene rings is 1. The lowest BCUT2D eigenvalue weighted by Crippen LogP contribution is -2.65. The number of aliphatic carboxylic acids is 1. The number of carboxylic acid groups (broad SMARTS) is 1. The topological polar surface area (TPSA) is 113 Å². The fraction of sp³-hybridized carbons (Fsp3) is 0.167. The summed E-state index contributed by atoms with van der Waals surface area (Å²) in [7, 11) is 0. The van der Waals surface area contributed by atoms with Gasteiger partial charge in [-0.3, -0.25) is 9.59 Å². The number of nitrogens with one attached hydrogen (secondary N) is 1. The SMILES string of the molecule is O=C(Cc1cccs1)NC1CN(C(C(=O)O)c2ccc(OC(=O)c3ccccc3)cc2)C1=O. The maximum atomic E-state index is 12.6. The molecule has 0 saturated carbocycles. The van der Waals surface area contributed by atoms with E-state index in [0.29, 0.717) is 11.1 Å². The number of rotatable bonds is 8. The third-order valence-corrected chi connectivity index (χ3v) is 6.05. The lowest BCUT2D eigenvalue weighted by molar-refractivity contribution is -0.160. The molecule has 2 N–H and O–H groups in total. The number of carbonyl (C=O) groups excluding carboxylic acids is 3. The van der Waals surface area contributed by atoms with Gasteiger partial charge in [-0.1, -0.05) is 36.4 Å². The molecule has 8 nitrogen and oxygen atoms in total. The molecular formula is C24H20N2O6S. The highest BCUT2D eigenvalue weighted by atomic mass is 32.1. The summed E-state index contributed by atoms with van der Waals surface area (Å²) in [5.41, 5.74) is 0.752. The molecule has 2 amide bonds. The zero-order valence-electron chi connectivity index (χ0n) is 17.3. The fourth-order valence-electron chi connectivity index (χ4n) is 3.52. The number of hydrogen-bond acceptors (Lipinski definition) is 6. The molecule has 9 heteroatoms. The van der Waals surface area contributed by atoms with Gasteiger partial charge >= 0.3 is 11.9 Å². The highest BCUT2D eigenvalue weighted by Crippen LogP contribution is 2.29. The van der Waals surface area contributed by atoms with Crippen molar-refractivity contribution in [2.45, 2.75) is 18.5 Å². The summed E-state index contributed by atoms with van der Waals surface area (Å²) in [6, 6.07) is 16.2. The molecule has 1 saturated heterocycles. The first-order valence-corrected chi connectivity index (χ1v) is 11.0. The van der Waals surface area contributed by atoms with Crippen LogP contribution in [0.2, 0.25) is 0 Å². The van der Waals surface area contributed by atoms with Crippen molar-refractivity contribution in [1.29, 1.82) is 0 Å². The number of hydrogen-bond donors (Lipinski definition) is 2. The fourth-order valence-corrected chi connectivity index (χ4v) is 4.23. The monoisotopic (exact) mass is 464 g/mol. The Bertz CT molecular complexity index is 1160. The van der Waals surface area contributed by atoms with E-state index in [4.69, 9.17) is 4.74 Å². The molecule has 0 bridgehead atoms. The number of β-lactam (4-membered cyclic amide) rings is 1. The maximum Gasteiger partial charge on any atom is 0.343 e. The molecule has 1 aromatic heterocycles. The van der Waals surface area contributed by atoms with Gasteiger partial charge in [-0.05, 0) is 41.3 Å². The second-order valence-electron chi connectivity index (χ2n) is 7.43. The smallest absolute Gasteiger partial charge is 0.343 e. The molecule has 2 aromatic carbocycles. The lowest BCUT2D eigenvalue weighted by atomic mass is 9.98. The number of amides is 2. The van der Waals surface area contributed by atoms with E-state index in [1.54, 1.807) is 30.3 Å². The Morgan fingerprint density at radius 2 is 1.79 bits per heavy atom. The molecular weight excluding hydrogens is 444 g/mol. The Balaban J connectivity index is 1.37. The number of likely N-dealkylation sites (tertiary alicyclic amines) is 1. The number of carbonyl (C=O) groups is 4. The van der Waals surface area contributed by atoms with Crippen LogP contribution in [0.1, 0.15) is 26.8 Å². The van der Waals surface area contributed by atoms with Gasteiger partial charge in [-0.25, -0.2) is 9.59 Å². The first-order chi connectivity index (χ1) is 15.9. The highest BCUT2D eigenvalue weighted by Gasteiger charge is 2.44. The van der Waals surface area contributed by atoms with E-state index in [2.05, 4.69) is 5.32 Å². The zero-order valence-corrected chi connectivity index (χ0v) is 18.2. The normalized spacial score (nSPS) is 15.9. The molecule has 1 fully saturated rings. The van der Waals surface area contributed by atoms with Crippen LogP contribution in [0.5, 0.6) is 5.75 Å². The summed E-state index contributed by atoms with van der Waals surface area (Å²) in [5.74, 6) is -2.21. The predicted octanol–water partition coefficient (Wildman–Crippen LogP) is 2.66. The predicted molar refractivity (Wildman–Crippen MR) is 120 cm³/mol. The minimum absolute atomic E-state index is 0.0940. The number of esters is 1. The van der Waals surface area contributed by atoms with E-state index >= 15 is 0 Å². The molecule has 0 aliphatic carbocycles. The van der Waals surface area contributed by atoms with Crippen molar-refractivity contribution in [1.82, 2.24) is 10.2 Å². The molecule has 1 aliphatic rings. The average molecular weight is 464 g/mol. The third-order valence-electron chi connectivity index (χ3n) is 5.17. The Morgan fingerprint density at radius 1 is 1.06 bits per heavy atom. The Labute approximate surface area is 193 Å². The van der Waals surface area contributed by atoms with E-state index in [-0.39, 0.29) is 24.6 Å². The molecule has 3 aromatic rings. The van der Waals surface area contributed by atoms with E-state index in [9.17, 15) is 24.3 Å². The van der Waals surface area contributed by atoms with Crippen molar-refractivity contribution in [2.75, 3.05) is 6.54 Å². The summed E-state index contributed by atoms with van der Waals surface area (Å²) >= 11 is 1.45. The van der Waals surface area contributed by atoms with Crippen molar-refractivity contribution in [2.24, 2.45) is 0 Å². The lowest BCUT2D eigenvalue weighted by Gasteiger charge is -2.42. The standard InChI is InChI=1S/C24H20N2O6S/c27-20(13-18-7-4-12-33-18)25-19-14-26(22(19)28)21(23(29)30)15-8-10-17(11-9-15)32-24(31)16-5-2-1-3-6-16/h1-12,19,21H,13-14H2,(H,25,27)(H,29,30). The Morgan fingerprint density at radius 3 is 2.39 bits per heavy atom. The third kappa shape index (κ3) is 5.09. The van der Waals surface area contributed by atoms with Crippen LogP contribution in [-0.4, -0.2) is 46.3 Å². The summed E-state index contributed by atoms with van der Waals surface area (Å²) < 4.78 is 5.31. The van der Waals surface area contributed by atoms with Crippen LogP contribution >= 0.6 is 11.3 Å². The number of carboxylic acids is 1. The second-order valence-corrected chi connectivity index (χ2v) is 8.46. The number of ether oxygens (including phenoxy) is 1. The van der Waals surface area contributed by atoms with Gasteiger partial charge in [0, 0.05) is 4.88 Å². The quantitative estimate of drug-likeness (QED) is 0.301. The van der Waals surface area contributed by atoms with Gasteiger partial charge in [-0.15, -0.1) is 11.3 Å². The van der Waals surface area contributed by atoms with Crippen molar-refractivity contribution in [3.8, 4) is 5.75 Å². The van der Waals surface area contributed by atoms with Crippen LogP contribution in [0.15, 0.2) is 72.1 Å². The summed E-state index contributed by atoms with van der Waals surface area (Å²) in [6.45, 7) is 0.0940. The molecule has 1 aliphatic heterocycles. The highest BCUT2D eigenvalue weighted by molar-refractivity contribution is 7.10. The Hall–Kier alpha value is -3.98. The van der Waals surface area contributed by atoms with Gasteiger partial charge in [0.25, 0.3) is 0 Å². The molecule has 33 heavy (non-hydrogen) atoms. The van der Waals surface area contributed by atoms with Crippen molar-refractivity contribution >= 4 is 35.1 Å². The summed E-state index contributed by atoms with van der Waals surface area (Å²) in [4.78, 5) is 50.9. The van der Waals surface area contributed by atoms with Crippen LogP contribution < -0.4 is 10.1 Å². The van der Waals surface area contributed by atoms with Crippen molar-refractivity contribution in [3.05, 3.63) is 88.1 Å². The van der Waals surface area contributed by atoms with E-state index in [1.165, 1.54) is 40.5 Å². The van der Waals surface area contributed by atoms with Gasteiger partial charge in [0.2, 0.25) is 11.8 Å². The van der Waals surface area contributed by atoms with Crippen LogP contribution in [0.3, 0.4) is 0 Å². The van der Waals surface area contributed by atoms with Crippen LogP contribution in [0.25, 0.3) is 0 Å². The maximum absolute atomic E-state index is 12.6. The summed E-state index contributed by atoms with van der Waals surface area (Å²) in [6.07, 6.45) is 0.174. The molecule has 4 rings (SSSR count). The van der Waals surface area contributed by atoms with Gasteiger partial charge in [0.15, 0.2) is 6.04 Å². The van der Waals surface area contributed by atoms with E-state index < -0.39 is 29.9 Å². The van der Waals surface area contributed by atoms with Gasteiger partial charge in [-0.2, -0.15) is 0 Å². The number of nitrogens with zero attached hydrogens (tertiary/aromatic N) is 1. The molecule has 2 heterocycles. The molecule has 2 atom stereocenters. The van der Waals surface area contributed by atoms with Crippen molar-refractivity contribution in [3.63, 3.8) is 0 Å². The largest absolute Gasteiger partial charge is 0.479 e. The molecule has 0 spiro atoms. The van der Waals surface area contributed by atoms with Gasteiger partial charge in [0.1, 0.15) is 11.8 Å². The number of benzene rings is 2. The molecule has 2 unspecified atom stereocenters. The van der Waals surface area contributed by atoms with E-state index in [0.717, 1.165) is 4.88 Å². The first kappa shape index (κ1) is 22.2.